The lowest BCUT2D eigenvalue weighted by atomic mass is 9.98. The standard InChI is InChI=1S/C15H18N2O2/c1-11(18)15(17-7-3-2-4-8-17)12-5-6-13-14(9-12)19-10-16-13/h5-6,9-10,15H,2-4,7-8H2,1H3. The number of fused-ring (bicyclic) bond motifs is 1. The maximum Gasteiger partial charge on any atom is 0.181 e. The number of carbonyl (C=O) groups is 1. The van der Waals surface area contributed by atoms with E-state index in [1.807, 2.05) is 18.2 Å². The van der Waals surface area contributed by atoms with Crippen LogP contribution in [-0.4, -0.2) is 28.8 Å². The van der Waals surface area contributed by atoms with Gasteiger partial charge in [-0.05, 0) is 50.6 Å². The predicted octanol–water partition coefficient (Wildman–Crippen LogP) is 2.94. The smallest absolute Gasteiger partial charge is 0.181 e. The van der Waals surface area contributed by atoms with Gasteiger partial charge in [0, 0.05) is 0 Å². The summed E-state index contributed by atoms with van der Waals surface area (Å²) in [5.74, 6) is 0.195. The third kappa shape index (κ3) is 2.40. The first-order valence-electron chi connectivity index (χ1n) is 6.83. The quantitative estimate of drug-likeness (QED) is 0.849. The number of hydrogen-bond donors (Lipinski definition) is 0. The molecule has 2 aromatic rings. The van der Waals surface area contributed by atoms with E-state index in [9.17, 15) is 4.79 Å². The third-order valence-electron chi connectivity index (χ3n) is 3.81. The SMILES string of the molecule is CC(=O)C(c1ccc2ncoc2c1)N1CCCCC1. The highest BCUT2D eigenvalue weighted by Crippen LogP contribution is 2.27. The van der Waals surface area contributed by atoms with Gasteiger partial charge in [-0.25, -0.2) is 4.98 Å². The van der Waals surface area contributed by atoms with Crippen molar-refractivity contribution in [2.75, 3.05) is 13.1 Å². The Labute approximate surface area is 112 Å². The second-order valence-electron chi connectivity index (χ2n) is 5.19. The van der Waals surface area contributed by atoms with E-state index in [2.05, 4.69) is 9.88 Å². The minimum absolute atomic E-state index is 0.144. The summed E-state index contributed by atoms with van der Waals surface area (Å²) < 4.78 is 5.33. The Bertz CT molecular complexity index is 585. The van der Waals surface area contributed by atoms with Crippen LogP contribution in [0.1, 0.15) is 37.8 Å². The van der Waals surface area contributed by atoms with Crippen molar-refractivity contribution in [1.29, 1.82) is 0 Å². The Kier molecular flexibility index (Phi) is 3.34. The van der Waals surface area contributed by atoms with Crippen LogP contribution in [0.5, 0.6) is 0 Å². The fraction of sp³-hybridized carbons (Fsp3) is 0.467. The van der Waals surface area contributed by atoms with Crippen LogP contribution in [0, 0.1) is 0 Å². The maximum atomic E-state index is 12.0. The van der Waals surface area contributed by atoms with E-state index in [-0.39, 0.29) is 11.8 Å². The Hall–Kier alpha value is -1.68. The van der Waals surface area contributed by atoms with Gasteiger partial charge in [-0.15, -0.1) is 0 Å². The number of hydrogen-bond acceptors (Lipinski definition) is 4. The summed E-state index contributed by atoms with van der Waals surface area (Å²) in [5, 5.41) is 0. The number of carbonyl (C=O) groups excluding carboxylic acids is 1. The Morgan fingerprint density at radius 2 is 2.11 bits per heavy atom. The van der Waals surface area contributed by atoms with Crippen molar-refractivity contribution in [1.82, 2.24) is 9.88 Å². The predicted molar refractivity (Wildman–Crippen MR) is 72.9 cm³/mol. The molecule has 0 saturated carbocycles. The van der Waals surface area contributed by atoms with Crippen molar-refractivity contribution in [3.63, 3.8) is 0 Å². The van der Waals surface area contributed by atoms with Crippen LogP contribution in [0.15, 0.2) is 29.0 Å². The number of ketones is 1. The van der Waals surface area contributed by atoms with E-state index in [0.717, 1.165) is 29.8 Å². The average Bonchev–Trinajstić information content (AvgIpc) is 2.87. The molecule has 0 aliphatic carbocycles. The maximum absolute atomic E-state index is 12.0. The van der Waals surface area contributed by atoms with Crippen molar-refractivity contribution in [2.45, 2.75) is 32.2 Å². The summed E-state index contributed by atoms with van der Waals surface area (Å²) in [6.07, 6.45) is 5.06. The van der Waals surface area contributed by atoms with Crippen molar-refractivity contribution < 1.29 is 9.21 Å². The number of oxazole rings is 1. The van der Waals surface area contributed by atoms with Crippen LogP contribution in [0.2, 0.25) is 0 Å². The first-order chi connectivity index (χ1) is 9.25. The first-order valence-corrected chi connectivity index (χ1v) is 6.83. The third-order valence-corrected chi connectivity index (χ3v) is 3.81. The molecule has 1 unspecified atom stereocenters. The van der Waals surface area contributed by atoms with Crippen LogP contribution in [-0.2, 0) is 4.79 Å². The fourth-order valence-corrected chi connectivity index (χ4v) is 2.92. The van der Waals surface area contributed by atoms with Gasteiger partial charge in [-0.3, -0.25) is 9.69 Å². The highest BCUT2D eigenvalue weighted by molar-refractivity contribution is 5.84. The Morgan fingerprint density at radius 1 is 1.32 bits per heavy atom. The summed E-state index contributed by atoms with van der Waals surface area (Å²) in [5.41, 5.74) is 2.60. The molecule has 2 heterocycles. The summed E-state index contributed by atoms with van der Waals surface area (Å²) in [6, 6.07) is 5.72. The Morgan fingerprint density at radius 3 is 2.84 bits per heavy atom. The van der Waals surface area contributed by atoms with Gasteiger partial charge in [0.25, 0.3) is 0 Å². The number of nitrogens with zero attached hydrogens (tertiary/aromatic N) is 2. The molecule has 1 aromatic carbocycles. The van der Waals surface area contributed by atoms with E-state index in [1.165, 1.54) is 25.7 Å². The van der Waals surface area contributed by atoms with Crippen LogP contribution < -0.4 is 0 Å². The lowest BCUT2D eigenvalue weighted by Gasteiger charge is -2.33. The van der Waals surface area contributed by atoms with Crippen molar-refractivity contribution in [3.05, 3.63) is 30.2 Å². The Balaban J connectivity index is 1.95. The van der Waals surface area contributed by atoms with E-state index in [4.69, 9.17) is 4.42 Å². The lowest BCUT2D eigenvalue weighted by molar-refractivity contribution is -0.122. The van der Waals surface area contributed by atoms with Gasteiger partial charge in [0.2, 0.25) is 0 Å². The molecular formula is C15H18N2O2. The number of likely N-dealkylation sites (tertiary alicyclic amines) is 1. The van der Waals surface area contributed by atoms with Gasteiger partial charge in [0.15, 0.2) is 17.8 Å². The molecule has 1 aliphatic heterocycles. The molecule has 0 amide bonds. The van der Waals surface area contributed by atoms with Gasteiger partial charge in [0.05, 0.1) is 6.04 Å². The zero-order chi connectivity index (χ0) is 13.2. The van der Waals surface area contributed by atoms with Gasteiger partial charge in [-0.1, -0.05) is 12.5 Å². The molecule has 1 saturated heterocycles. The molecule has 1 aliphatic rings. The van der Waals surface area contributed by atoms with E-state index >= 15 is 0 Å². The number of rotatable bonds is 3. The number of benzene rings is 1. The van der Waals surface area contributed by atoms with Crippen molar-refractivity contribution in [3.8, 4) is 0 Å². The molecular weight excluding hydrogens is 240 g/mol. The molecule has 4 nitrogen and oxygen atoms in total. The minimum atomic E-state index is -0.144. The van der Waals surface area contributed by atoms with Crippen molar-refractivity contribution >= 4 is 16.9 Å². The summed E-state index contributed by atoms with van der Waals surface area (Å²) in [4.78, 5) is 18.4. The monoisotopic (exact) mass is 258 g/mol. The topological polar surface area (TPSA) is 46.3 Å². The minimum Gasteiger partial charge on any atom is -0.443 e. The number of piperidine rings is 1. The first kappa shape index (κ1) is 12.4. The van der Waals surface area contributed by atoms with Gasteiger partial charge < -0.3 is 4.42 Å². The molecule has 4 heteroatoms. The second kappa shape index (κ2) is 5.13. The molecule has 0 spiro atoms. The van der Waals surface area contributed by atoms with E-state index < -0.39 is 0 Å². The highest BCUT2D eigenvalue weighted by Gasteiger charge is 2.26. The van der Waals surface area contributed by atoms with Crippen LogP contribution in [0.3, 0.4) is 0 Å². The van der Waals surface area contributed by atoms with Crippen LogP contribution in [0.4, 0.5) is 0 Å². The van der Waals surface area contributed by atoms with Crippen molar-refractivity contribution in [2.24, 2.45) is 0 Å². The molecule has 0 bridgehead atoms. The summed E-state index contributed by atoms with van der Waals surface area (Å²) in [7, 11) is 0. The summed E-state index contributed by atoms with van der Waals surface area (Å²) in [6.45, 7) is 3.67. The van der Waals surface area contributed by atoms with Crippen LogP contribution >= 0.6 is 0 Å². The van der Waals surface area contributed by atoms with E-state index in [1.54, 1.807) is 6.92 Å². The van der Waals surface area contributed by atoms with Gasteiger partial charge in [-0.2, -0.15) is 0 Å². The van der Waals surface area contributed by atoms with E-state index in [0.29, 0.717) is 0 Å². The zero-order valence-electron chi connectivity index (χ0n) is 11.1. The summed E-state index contributed by atoms with van der Waals surface area (Å²) >= 11 is 0. The molecule has 0 radical (unpaired) electrons. The van der Waals surface area contributed by atoms with Crippen LogP contribution in [0.25, 0.3) is 11.1 Å². The number of Topliss-reactive ketones (excluding diaryl/α,β-unsaturated/α-hetero) is 1. The largest absolute Gasteiger partial charge is 0.443 e. The normalized spacial score (nSPS) is 18.6. The fourth-order valence-electron chi connectivity index (χ4n) is 2.92. The molecule has 1 fully saturated rings. The van der Waals surface area contributed by atoms with Gasteiger partial charge >= 0.3 is 0 Å². The van der Waals surface area contributed by atoms with Gasteiger partial charge in [0.1, 0.15) is 5.52 Å². The second-order valence-corrected chi connectivity index (χ2v) is 5.19. The molecule has 100 valence electrons. The molecule has 3 rings (SSSR count). The lowest BCUT2D eigenvalue weighted by Crippen LogP contribution is -2.37. The zero-order valence-corrected chi connectivity index (χ0v) is 11.1. The molecule has 1 atom stereocenters. The molecule has 19 heavy (non-hydrogen) atoms. The molecule has 0 N–H and O–H groups in total. The molecule has 1 aromatic heterocycles. The highest BCUT2D eigenvalue weighted by atomic mass is 16.3. The average molecular weight is 258 g/mol. The number of aromatic nitrogens is 1.